The first kappa shape index (κ1) is 33.1. The summed E-state index contributed by atoms with van der Waals surface area (Å²) in [6, 6.07) is 4.81. The van der Waals surface area contributed by atoms with Gasteiger partial charge in [0.25, 0.3) is 0 Å². The van der Waals surface area contributed by atoms with Crippen LogP contribution in [0.2, 0.25) is 0 Å². The van der Waals surface area contributed by atoms with Crippen LogP contribution in [0.25, 0.3) is 0 Å². The fourth-order valence-electron chi connectivity index (χ4n) is 5.01. The Bertz CT molecular complexity index is 1510. The number of hydrogen-bond donors (Lipinski definition) is 4. The maximum Gasteiger partial charge on any atom is 0.471 e. The molecule has 4 rings (SSSR count). The summed E-state index contributed by atoms with van der Waals surface area (Å²) >= 11 is 0. The van der Waals surface area contributed by atoms with Crippen LogP contribution in [0.1, 0.15) is 25.8 Å². The average Bonchev–Trinajstić information content (AvgIpc) is 2.96. The van der Waals surface area contributed by atoms with E-state index in [2.05, 4.69) is 32.5 Å². The third kappa shape index (κ3) is 8.05. The lowest BCUT2D eigenvalue weighted by atomic mass is 9.96. The normalized spacial score (nSPS) is 19.0. The summed E-state index contributed by atoms with van der Waals surface area (Å²) in [4.78, 5) is 33.8. The average molecular weight is 640 g/mol. The van der Waals surface area contributed by atoms with Gasteiger partial charge >= 0.3 is 18.3 Å². The molecule has 1 fully saturated rings. The van der Waals surface area contributed by atoms with Crippen molar-refractivity contribution < 1.29 is 41.0 Å². The first-order valence-electron chi connectivity index (χ1n) is 13.8. The van der Waals surface area contributed by atoms with Gasteiger partial charge in [-0.05, 0) is 36.3 Å². The minimum absolute atomic E-state index is 0.0173. The largest absolute Gasteiger partial charge is 0.510 e. The number of aliphatic hydroxyl groups is 1. The van der Waals surface area contributed by atoms with Crippen molar-refractivity contribution in [1.82, 2.24) is 19.8 Å². The van der Waals surface area contributed by atoms with E-state index in [0.717, 1.165) is 11.0 Å². The Kier molecular flexibility index (Phi) is 9.63. The zero-order valence-corrected chi connectivity index (χ0v) is 24.2. The van der Waals surface area contributed by atoms with E-state index in [9.17, 15) is 41.0 Å². The molecule has 2 atom stereocenters. The maximum absolute atomic E-state index is 13.8. The van der Waals surface area contributed by atoms with Crippen LogP contribution in [0.3, 0.4) is 0 Å². The van der Waals surface area contributed by atoms with Crippen molar-refractivity contribution in [3.05, 3.63) is 72.3 Å². The zero-order valence-electron chi connectivity index (χ0n) is 24.2. The maximum atomic E-state index is 13.8. The monoisotopic (exact) mass is 639 g/mol. The number of aromatic nitrogens is 2. The summed E-state index contributed by atoms with van der Waals surface area (Å²) in [6.07, 6.45) is -4.93. The molecule has 0 saturated carbocycles. The molecule has 0 spiro atoms. The van der Waals surface area contributed by atoms with Crippen molar-refractivity contribution in [2.75, 3.05) is 35.6 Å². The van der Waals surface area contributed by atoms with E-state index in [0.29, 0.717) is 17.6 Å². The Morgan fingerprint density at radius 2 is 1.84 bits per heavy atom. The number of nitrogens with one attached hydrogen (secondary N) is 3. The van der Waals surface area contributed by atoms with Gasteiger partial charge in [0.2, 0.25) is 11.9 Å². The number of hydrogen-bond acceptors (Lipinski definition) is 8. The van der Waals surface area contributed by atoms with Crippen molar-refractivity contribution in [1.29, 1.82) is 0 Å². The van der Waals surface area contributed by atoms with Crippen molar-refractivity contribution >= 4 is 35.0 Å². The number of anilines is 4. The quantitative estimate of drug-likeness (QED) is 0.218. The molecule has 242 valence electrons. The van der Waals surface area contributed by atoms with Gasteiger partial charge in [0.1, 0.15) is 17.1 Å². The lowest BCUT2D eigenvalue weighted by Gasteiger charge is -2.45. The molecule has 16 heteroatoms. The molecule has 4 N–H and O–H groups in total. The van der Waals surface area contributed by atoms with Crippen LogP contribution in [0.5, 0.6) is 0 Å². The topological polar surface area (TPSA) is 123 Å². The Morgan fingerprint density at radius 3 is 2.47 bits per heavy atom. The molecule has 1 aliphatic heterocycles. The fraction of sp³-hybridized carbons (Fsp3) is 0.379. The Hall–Kier alpha value is -4.76. The number of amides is 2. The van der Waals surface area contributed by atoms with E-state index in [1.54, 1.807) is 37.0 Å². The summed E-state index contributed by atoms with van der Waals surface area (Å²) in [5.41, 5.74) is -0.249. The highest BCUT2D eigenvalue weighted by Crippen LogP contribution is 2.36. The summed E-state index contributed by atoms with van der Waals surface area (Å²) < 4.78 is 80.4. The molecule has 1 aromatic heterocycles. The van der Waals surface area contributed by atoms with Crippen molar-refractivity contribution in [2.45, 2.75) is 44.7 Å². The molecule has 1 unspecified atom stereocenters. The third-order valence-corrected chi connectivity index (χ3v) is 7.21. The van der Waals surface area contributed by atoms with E-state index >= 15 is 0 Å². The predicted octanol–water partition coefficient (Wildman–Crippen LogP) is 5.60. The summed E-state index contributed by atoms with van der Waals surface area (Å²) in [5, 5.41) is 18.9. The fourth-order valence-corrected chi connectivity index (χ4v) is 5.01. The van der Waals surface area contributed by atoms with Crippen molar-refractivity contribution in [3.63, 3.8) is 0 Å². The summed E-state index contributed by atoms with van der Waals surface area (Å²) in [6.45, 7) is 6.64. The SMILES string of the molecule is C=CC(=O)Nc1cccc(Nc2nc(NC3C=CC(N4CCN(C(=O)C(F)(F)F)C[C@@H]4C(C)C)=C(O)C3)ncc2C(F)(F)F)c1. The lowest BCUT2D eigenvalue weighted by molar-refractivity contribution is -0.188. The Labute approximate surface area is 254 Å². The predicted molar refractivity (Wildman–Crippen MR) is 154 cm³/mol. The van der Waals surface area contributed by atoms with Gasteiger partial charge in [-0.3, -0.25) is 9.59 Å². The smallest absolute Gasteiger partial charge is 0.471 e. The van der Waals surface area contributed by atoms with Crippen LogP contribution in [-0.2, 0) is 15.8 Å². The molecule has 1 saturated heterocycles. The van der Waals surface area contributed by atoms with Gasteiger partial charge in [-0.25, -0.2) is 4.98 Å². The number of benzene rings is 1. The van der Waals surface area contributed by atoms with E-state index in [-0.39, 0.29) is 49.4 Å². The minimum Gasteiger partial charge on any atom is -0.510 e. The molecular formula is C29H31F6N7O3. The van der Waals surface area contributed by atoms with Crippen molar-refractivity contribution in [3.8, 4) is 0 Å². The summed E-state index contributed by atoms with van der Waals surface area (Å²) in [5.74, 6) is -3.41. The third-order valence-electron chi connectivity index (χ3n) is 7.21. The molecule has 2 aliphatic rings. The van der Waals surface area contributed by atoms with E-state index < -0.39 is 47.6 Å². The number of halogens is 6. The number of carbonyl (C=O) groups excluding carboxylic acids is 2. The van der Waals surface area contributed by atoms with Crippen LogP contribution in [0.4, 0.5) is 49.5 Å². The molecule has 45 heavy (non-hydrogen) atoms. The van der Waals surface area contributed by atoms with Gasteiger partial charge in [-0.2, -0.15) is 31.3 Å². The molecule has 10 nitrogen and oxygen atoms in total. The Morgan fingerprint density at radius 1 is 1.13 bits per heavy atom. The van der Waals surface area contributed by atoms with Gasteiger partial charge in [-0.15, -0.1) is 0 Å². The number of piperazine rings is 1. The first-order chi connectivity index (χ1) is 21.1. The number of carbonyl (C=O) groups is 2. The molecule has 0 radical (unpaired) electrons. The number of aliphatic hydroxyl groups excluding tert-OH is 1. The van der Waals surface area contributed by atoms with Gasteiger partial charge < -0.3 is 30.9 Å². The van der Waals surface area contributed by atoms with E-state index in [1.807, 2.05) is 0 Å². The molecule has 2 amide bonds. The van der Waals surface area contributed by atoms with Crippen LogP contribution < -0.4 is 16.0 Å². The van der Waals surface area contributed by atoms with Gasteiger partial charge in [0, 0.05) is 49.7 Å². The van der Waals surface area contributed by atoms with E-state index in [4.69, 9.17) is 0 Å². The molecule has 2 aromatic rings. The highest BCUT2D eigenvalue weighted by molar-refractivity contribution is 5.99. The second-order valence-electron chi connectivity index (χ2n) is 10.8. The second kappa shape index (κ2) is 13.1. The standard InChI is InChI=1S/C29H31F6N7O3/c1-4-24(44)37-17-6-5-7-18(12-17)38-25-20(28(30,31)32)14-36-27(40-25)39-19-8-9-21(23(43)13-19)42-11-10-41(15-22(42)16(2)3)26(45)29(33,34)35/h4-9,12,14,16,19,22,43H,1,10-11,13,15H2,2-3H3,(H,37,44)(H2,36,38,39,40)/t19?,22-/m1/s1. The Balaban J connectivity index is 1.50. The molecule has 1 aromatic carbocycles. The minimum atomic E-state index is -4.99. The number of nitrogens with zero attached hydrogens (tertiary/aromatic N) is 4. The number of allylic oxidation sites excluding steroid dienone is 1. The molecule has 1 aliphatic carbocycles. The van der Waals surface area contributed by atoms with Gasteiger partial charge in [0.15, 0.2) is 0 Å². The highest BCUT2D eigenvalue weighted by atomic mass is 19.4. The van der Waals surface area contributed by atoms with Gasteiger partial charge in [0.05, 0.1) is 11.7 Å². The van der Waals surface area contributed by atoms with Crippen molar-refractivity contribution in [2.24, 2.45) is 5.92 Å². The molecular weight excluding hydrogens is 608 g/mol. The van der Waals surface area contributed by atoms with Gasteiger partial charge in [-0.1, -0.05) is 32.6 Å². The van der Waals surface area contributed by atoms with Crippen LogP contribution in [0.15, 0.2) is 66.7 Å². The van der Waals surface area contributed by atoms with E-state index in [1.165, 1.54) is 18.2 Å². The second-order valence-corrected chi connectivity index (χ2v) is 10.8. The van der Waals surface area contributed by atoms with Crippen LogP contribution in [-0.4, -0.2) is 74.6 Å². The molecule has 2 heterocycles. The first-order valence-corrected chi connectivity index (χ1v) is 13.8. The lowest BCUT2D eigenvalue weighted by Crippen LogP contribution is -2.58. The summed E-state index contributed by atoms with van der Waals surface area (Å²) in [7, 11) is 0. The molecule has 0 bridgehead atoms. The number of alkyl halides is 6. The zero-order chi connectivity index (χ0) is 33.1. The van der Waals surface area contributed by atoms with Crippen LogP contribution in [0, 0.1) is 5.92 Å². The van der Waals surface area contributed by atoms with Crippen LogP contribution >= 0.6 is 0 Å². The number of rotatable bonds is 8. The highest BCUT2D eigenvalue weighted by Gasteiger charge is 2.45.